The van der Waals surface area contributed by atoms with Gasteiger partial charge in [0.05, 0.1) is 0 Å². The Bertz CT molecular complexity index is 701. The highest BCUT2D eigenvalue weighted by Gasteiger charge is 2.04. The number of hydrogen-bond acceptors (Lipinski definition) is 4. The molecule has 1 heterocycles. The standard InChI is InChI=1S/C16H14N4/c17-14-6-12(7-15(18)8-14)16-19-9-13(10-20-16)11-4-2-1-3-5-11/h1-10H,17-18H2. The Hall–Kier alpha value is -2.88. The third-order valence-electron chi connectivity index (χ3n) is 2.99. The highest BCUT2D eigenvalue weighted by atomic mass is 14.9. The molecule has 0 amide bonds. The third-order valence-corrected chi connectivity index (χ3v) is 2.99. The Labute approximate surface area is 117 Å². The third kappa shape index (κ3) is 2.44. The fraction of sp³-hybridized carbons (Fsp3) is 0. The van der Waals surface area contributed by atoms with Gasteiger partial charge in [0.1, 0.15) is 0 Å². The number of hydrogen-bond donors (Lipinski definition) is 2. The molecule has 3 aromatic rings. The van der Waals surface area contributed by atoms with E-state index in [0.29, 0.717) is 17.2 Å². The van der Waals surface area contributed by atoms with Crippen LogP contribution in [0.4, 0.5) is 11.4 Å². The largest absolute Gasteiger partial charge is 0.399 e. The molecule has 3 rings (SSSR count). The SMILES string of the molecule is Nc1cc(N)cc(-c2ncc(-c3ccccc3)cn2)c1. The summed E-state index contributed by atoms with van der Waals surface area (Å²) in [5, 5.41) is 0. The highest BCUT2D eigenvalue weighted by molar-refractivity contribution is 5.69. The summed E-state index contributed by atoms with van der Waals surface area (Å²) in [6.45, 7) is 0. The van der Waals surface area contributed by atoms with Gasteiger partial charge in [0.25, 0.3) is 0 Å². The zero-order valence-electron chi connectivity index (χ0n) is 10.8. The molecule has 0 unspecified atom stereocenters. The summed E-state index contributed by atoms with van der Waals surface area (Å²) in [4.78, 5) is 8.77. The monoisotopic (exact) mass is 262 g/mol. The van der Waals surface area contributed by atoms with Gasteiger partial charge in [-0.05, 0) is 23.8 Å². The van der Waals surface area contributed by atoms with Crippen LogP contribution in [0.25, 0.3) is 22.5 Å². The Morgan fingerprint density at radius 1 is 0.650 bits per heavy atom. The quantitative estimate of drug-likeness (QED) is 0.696. The maximum absolute atomic E-state index is 5.78. The van der Waals surface area contributed by atoms with Crippen LogP contribution in [-0.4, -0.2) is 9.97 Å². The van der Waals surface area contributed by atoms with Crippen molar-refractivity contribution in [3.05, 3.63) is 60.9 Å². The molecule has 2 aromatic carbocycles. The molecular formula is C16H14N4. The van der Waals surface area contributed by atoms with Gasteiger partial charge in [0.2, 0.25) is 0 Å². The Morgan fingerprint density at radius 2 is 1.25 bits per heavy atom. The fourth-order valence-corrected chi connectivity index (χ4v) is 2.06. The minimum Gasteiger partial charge on any atom is -0.399 e. The molecule has 0 aliphatic carbocycles. The van der Waals surface area contributed by atoms with E-state index in [1.807, 2.05) is 42.5 Å². The van der Waals surface area contributed by atoms with Crippen molar-refractivity contribution in [1.82, 2.24) is 9.97 Å². The lowest BCUT2D eigenvalue weighted by molar-refractivity contribution is 1.18. The molecule has 4 nitrogen and oxygen atoms in total. The first kappa shape index (κ1) is 12.2. The second kappa shape index (κ2) is 5.01. The van der Waals surface area contributed by atoms with Crippen LogP contribution in [0.5, 0.6) is 0 Å². The van der Waals surface area contributed by atoms with Crippen LogP contribution in [-0.2, 0) is 0 Å². The first-order valence-corrected chi connectivity index (χ1v) is 6.26. The second-order valence-electron chi connectivity index (χ2n) is 4.55. The van der Waals surface area contributed by atoms with Crippen LogP contribution < -0.4 is 11.5 Å². The predicted molar refractivity (Wildman–Crippen MR) is 81.7 cm³/mol. The molecule has 0 spiro atoms. The zero-order chi connectivity index (χ0) is 13.9. The second-order valence-corrected chi connectivity index (χ2v) is 4.55. The molecule has 20 heavy (non-hydrogen) atoms. The van der Waals surface area contributed by atoms with Gasteiger partial charge < -0.3 is 11.5 Å². The zero-order valence-corrected chi connectivity index (χ0v) is 10.8. The average molecular weight is 262 g/mol. The van der Waals surface area contributed by atoms with Crippen molar-refractivity contribution in [2.75, 3.05) is 11.5 Å². The Balaban J connectivity index is 1.97. The van der Waals surface area contributed by atoms with Crippen molar-refractivity contribution in [1.29, 1.82) is 0 Å². The molecule has 4 heteroatoms. The van der Waals surface area contributed by atoms with Crippen LogP contribution in [0.15, 0.2) is 60.9 Å². The van der Waals surface area contributed by atoms with E-state index in [4.69, 9.17) is 11.5 Å². The first-order chi connectivity index (χ1) is 9.72. The minimum atomic E-state index is 0.607. The lowest BCUT2D eigenvalue weighted by atomic mass is 10.1. The van der Waals surface area contributed by atoms with Gasteiger partial charge in [-0.2, -0.15) is 0 Å². The highest BCUT2D eigenvalue weighted by Crippen LogP contribution is 2.23. The molecule has 98 valence electrons. The van der Waals surface area contributed by atoms with Crippen molar-refractivity contribution in [3.63, 3.8) is 0 Å². The van der Waals surface area contributed by atoms with Crippen molar-refractivity contribution in [2.45, 2.75) is 0 Å². The smallest absolute Gasteiger partial charge is 0.159 e. The molecule has 0 saturated heterocycles. The maximum atomic E-state index is 5.78. The molecule has 0 aliphatic heterocycles. The van der Waals surface area contributed by atoms with Crippen LogP contribution in [0, 0.1) is 0 Å². The van der Waals surface area contributed by atoms with E-state index in [0.717, 1.165) is 16.7 Å². The summed E-state index contributed by atoms with van der Waals surface area (Å²) in [5.41, 5.74) is 15.7. The van der Waals surface area contributed by atoms with E-state index >= 15 is 0 Å². The van der Waals surface area contributed by atoms with E-state index in [1.165, 1.54) is 0 Å². The summed E-state index contributed by atoms with van der Waals surface area (Å²) in [6, 6.07) is 15.3. The van der Waals surface area contributed by atoms with Gasteiger partial charge >= 0.3 is 0 Å². The topological polar surface area (TPSA) is 77.8 Å². The van der Waals surface area contributed by atoms with Crippen LogP contribution >= 0.6 is 0 Å². The lowest BCUT2D eigenvalue weighted by Crippen LogP contribution is -1.94. The maximum Gasteiger partial charge on any atom is 0.159 e. The van der Waals surface area contributed by atoms with Crippen molar-refractivity contribution in [3.8, 4) is 22.5 Å². The van der Waals surface area contributed by atoms with Crippen molar-refractivity contribution >= 4 is 11.4 Å². The van der Waals surface area contributed by atoms with Crippen molar-refractivity contribution in [2.24, 2.45) is 0 Å². The molecule has 4 N–H and O–H groups in total. The van der Waals surface area contributed by atoms with Crippen LogP contribution in [0.2, 0.25) is 0 Å². The number of nitrogen functional groups attached to an aromatic ring is 2. The fourth-order valence-electron chi connectivity index (χ4n) is 2.06. The van der Waals surface area contributed by atoms with E-state index in [-0.39, 0.29) is 0 Å². The van der Waals surface area contributed by atoms with E-state index in [9.17, 15) is 0 Å². The number of rotatable bonds is 2. The summed E-state index contributed by atoms with van der Waals surface area (Å²) in [5.74, 6) is 0.615. The summed E-state index contributed by atoms with van der Waals surface area (Å²) >= 11 is 0. The first-order valence-electron chi connectivity index (χ1n) is 6.26. The van der Waals surface area contributed by atoms with E-state index in [2.05, 4.69) is 9.97 Å². The Kier molecular flexibility index (Phi) is 3.05. The molecule has 0 aliphatic rings. The van der Waals surface area contributed by atoms with Crippen LogP contribution in [0.1, 0.15) is 0 Å². The Morgan fingerprint density at radius 3 is 1.85 bits per heavy atom. The molecule has 0 atom stereocenters. The van der Waals surface area contributed by atoms with Gasteiger partial charge in [-0.25, -0.2) is 9.97 Å². The summed E-state index contributed by atoms with van der Waals surface area (Å²) in [7, 11) is 0. The number of nitrogens with two attached hydrogens (primary N) is 2. The number of anilines is 2. The predicted octanol–water partition coefficient (Wildman–Crippen LogP) is 2.98. The lowest BCUT2D eigenvalue weighted by Gasteiger charge is -2.05. The summed E-state index contributed by atoms with van der Waals surface area (Å²) in [6.07, 6.45) is 3.61. The van der Waals surface area contributed by atoms with Crippen molar-refractivity contribution < 1.29 is 0 Å². The molecule has 0 fully saturated rings. The van der Waals surface area contributed by atoms with E-state index in [1.54, 1.807) is 18.5 Å². The van der Waals surface area contributed by atoms with Gasteiger partial charge in [0, 0.05) is 34.9 Å². The normalized spacial score (nSPS) is 10.4. The number of nitrogens with zero attached hydrogens (tertiary/aromatic N) is 2. The van der Waals surface area contributed by atoms with Gasteiger partial charge in [0.15, 0.2) is 5.82 Å². The van der Waals surface area contributed by atoms with Gasteiger partial charge in [-0.1, -0.05) is 30.3 Å². The molecule has 0 radical (unpaired) electrons. The van der Waals surface area contributed by atoms with Crippen LogP contribution in [0.3, 0.4) is 0 Å². The minimum absolute atomic E-state index is 0.607. The summed E-state index contributed by atoms with van der Waals surface area (Å²) < 4.78 is 0. The molecule has 0 bridgehead atoms. The number of aromatic nitrogens is 2. The molecular weight excluding hydrogens is 248 g/mol. The molecule has 1 aromatic heterocycles. The molecule has 0 saturated carbocycles. The van der Waals surface area contributed by atoms with Gasteiger partial charge in [-0.15, -0.1) is 0 Å². The van der Waals surface area contributed by atoms with Gasteiger partial charge in [-0.3, -0.25) is 0 Å². The average Bonchev–Trinajstić information content (AvgIpc) is 2.47. The number of benzene rings is 2. The van der Waals surface area contributed by atoms with E-state index < -0.39 is 0 Å².